The third-order valence-corrected chi connectivity index (χ3v) is 5.73. The Labute approximate surface area is 229 Å². The SMILES string of the molecule is O=C(NCC(F)(F)F)N[C@](Cc1ccccc1)(c1cc(F)cc(OC(F)(F)C(F)F)c1)c1ccc(F)c(C(F)(F)F)c1. The molecule has 0 spiro atoms. The Balaban J connectivity index is 2.34. The van der Waals surface area contributed by atoms with E-state index in [-0.39, 0.29) is 17.7 Å². The van der Waals surface area contributed by atoms with Crippen LogP contribution in [0.2, 0.25) is 0 Å². The van der Waals surface area contributed by atoms with Crippen LogP contribution in [0.5, 0.6) is 5.75 Å². The topological polar surface area (TPSA) is 50.4 Å². The van der Waals surface area contributed by atoms with Crippen LogP contribution in [0, 0.1) is 11.6 Å². The molecule has 4 nitrogen and oxygen atoms in total. The molecule has 0 aliphatic rings. The molecule has 0 saturated carbocycles. The van der Waals surface area contributed by atoms with Crippen LogP contribution in [0.25, 0.3) is 0 Å². The van der Waals surface area contributed by atoms with Crippen molar-refractivity contribution in [3.63, 3.8) is 0 Å². The zero-order chi connectivity index (χ0) is 31.5. The van der Waals surface area contributed by atoms with Crippen LogP contribution in [0.1, 0.15) is 22.3 Å². The fourth-order valence-electron chi connectivity index (χ4n) is 3.96. The number of nitrogens with one attached hydrogen (secondary N) is 2. The van der Waals surface area contributed by atoms with Crippen molar-refractivity contribution in [1.82, 2.24) is 10.6 Å². The van der Waals surface area contributed by atoms with Crippen LogP contribution in [0.15, 0.2) is 66.7 Å². The van der Waals surface area contributed by atoms with Gasteiger partial charge in [0.05, 0.1) is 11.1 Å². The molecule has 0 aliphatic heterocycles. The molecule has 2 N–H and O–H groups in total. The lowest BCUT2D eigenvalue weighted by Crippen LogP contribution is -2.53. The number of carbonyl (C=O) groups is 1. The van der Waals surface area contributed by atoms with Gasteiger partial charge in [0.2, 0.25) is 0 Å². The number of halogens is 12. The maximum absolute atomic E-state index is 14.7. The van der Waals surface area contributed by atoms with E-state index in [0.29, 0.717) is 24.3 Å². The second-order valence-corrected chi connectivity index (χ2v) is 8.82. The average Bonchev–Trinajstić information content (AvgIpc) is 2.86. The van der Waals surface area contributed by atoms with Crippen molar-refractivity contribution in [2.24, 2.45) is 0 Å². The van der Waals surface area contributed by atoms with Gasteiger partial charge >= 0.3 is 30.9 Å². The maximum Gasteiger partial charge on any atom is 0.461 e. The second-order valence-electron chi connectivity index (χ2n) is 8.82. The van der Waals surface area contributed by atoms with Crippen LogP contribution in [-0.2, 0) is 18.1 Å². The van der Waals surface area contributed by atoms with Crippen LogP contribution >= 0.6 is 0 Å². The highest BCUT2D eigenvalue weighted by Crippen LogP contribution is 2.40. The van der Waals surface area contributed by atoms with E-state index in [1.807, 2.05) is 5.32 Å². The minimum absolute atomic E-state index is 0.149. The molecule has 0 heterocycles. The number of rotatable bonds is 9. The Hall–Kier alpha value is -4.11. The molecular weight excluding hydrogens is 600 g/mol. The third-order valence-electron chi connectivity index (χ3n) is 5.73. The number of urea groups is 1. The van der Waals surface area contributed by atoms with Gasteiger partial charge in [0, 0.05) is 12.5 Å². The molecule has 3 rings (SSSR count). The molecular formula is C26H18F12N2O2. The van der Waals surface area contributed by atoms with Crippen molar-refractivity contribution in [3.8, 4) is 5.75 Å². The van der Waals surface area contributed by atoms with E-state index >= 15 is 0 Å². The van der Waals surface area contributed by atoms with Crippen molar-refractivity contribution in [1.29, 1.82) is 0 Å². The van der Waals surface area contributed by atoms with Crippen molar-refractivity contribution in [2.75, 3.05) is 6.54 Å². The van der Waals surface area contributed by atoms with Crippen LogP contribution in [0.3, 0.4) is 0 Å². The predicted octanol–water partition coefficient (Wildman–Crippen LogP) is 7.57. The first-order valence-electron chi connectivity index (χ1n) is 11.5. The highest BCUT2D eigenvalue weighted by molar-refractivity contribution is 5.76. The van der Waals surface area contributed by atoms with E-state index < -0.39 is 83.5 Å². The lowest BCUT2D eigenvalue weighted by Gasteiger charge is -2.37. The highest BCUT2D eigenvalue weighted by Gasteiger charge is 2.45. The molecule has 3 aromatic rings. The molecule has 228 valence electrons. The predicted molar refractivity (Wildman–Crippen MR) is 123 cm³/mol. The lowest BCUT2D eigenvalue weighted by atomic mass is 9.77. The zero-order valence-electron chi connectivity index (χ0n) is 20.7. The molecule has 0 aromatic heterocycles. The largest absolute Gasteiger partial charge is 0.461 e. The third kappa shape index (κ3) is 8.00. The summed E-state index contributed by atoms with van der Waals surface area (Å²) in [6.45, 7) is -1.93. The van der Waals surface area contributed by atoms with Gasteiger partial charge in [-0.2, -0.15) is 43.9 Å². The summed E-state index contributed by atoms with van der Waals surface area (Å²) in [5.41, 5.74) is -5.73. The molecule has 0 unspecified atom stereocenters. The number of ether oxygens (including phenoxy) is 1. The summed E-state index contributed by atoms with van der Waals surface area (Å²) in [6.07, 6.45) is -20.6. The zero-order valence-corrected chi connectivity index (χ0v) is 20.7. The summed E-state index contributed by atoms with van der Waals surface area (Å²) in [4.78, 5) is 12.7. The van der Waals surface area contributed by atoms with E-state index in [1.54, 1.807) is 0 Å². The van der Waals surface area contributed by atoms with Gasteiger partial charge in [-0.05, 0) is 41.0 Å². The van der Waals surface area contributed by atoms with Crippen LogP contribution < -0.4 is 15.4 Å². The fraction of sp³-hybridized carbons (Fsp3) is 0.269. The highest BCUT2D eigenvalue weighted by atomic mass is 19.4. The van der Waals surface area contributed by atoms with Crippen LogP contribution in [-0.4, -0.2) is 31.3 Å². The normalized spacial score (nSPS) is 13.9. The molecule has 2 amide bonds. The fourth-order valence-corrected chi connectivity index (χ4v) is 3.96. The molecule has 1 atom stereocenters. The van der Waals surface area contributed by atoms with Gasteiger partial charge in [-0.25, -0.2) is 13.6 Å². The first-order valence-corrected chi connectivity index (χ1v) is 11.5. The number of carbonyl (C=O) groups excluding carboxylic acids is 1. The minimum atomic E-state index is -5.34. The molecule has 16 heteroatoms. The van der Waals surface area contributed by atoms with E-state index in [1.165, 1.54) is 35.6 Å². The summed E-state index contributed by atoms with van der Waals surface area (Å²) in [5.74, 6) is -4.54. The molecule has 0 fully saturated rings. The monoisotopic (exact) mass is 618 g/mol. The van der Waals surface area contributed by atoms with Gasteiger partial charge in [-0.1, -0.05) is 36.4 Å². The van der Waals surface area contributed by atoms with Gasteiger partial charge in [0.15, 0.2) is 0 Å². The van der Waals surface area contributed by atoms with E-state index in [4.69, 9.17) is 0 Å². The Bertz CT molecular complexity index is 1390. The summed E-state index contributed by atoms with van der Waals surface area (Å²) >= 11 is 0. The van der Waals surface area contributed by atoms with Gasteiger partial charge in [-0.15, -0.1) is 0 Å². The number of benzene rings is 3. The number of amides is 2. The molecule has 0 bridgehead atoms. The lowest BCUT2D eigenvalue weighted by molar-refractivity contribution is -0.253. The number of hydrogen-bond acceptors (Lipinski definition) is 2. The summed E-state index contributed by atoms with van der Waals surface area (Å²) in [7, 11) is 0. The van der Waals surface area contributed by atoms with Crippen molar-refractivity contribution in [3.05, 3.63) is 101 Å². The molecule has 3 aromatic carbocycles. The average molecular weight is 618 g/mol. The van der Waals surface area contributed by atoms with Gasteiger partial charge in [0.1, 0.15) is 23.9 Å². The van der Waals surface area contributed by atoms with Crippen molar-refractivity contribution >= 4 is 6.03 Å². The summed E-state index contributed by atoms with van der Waals surface area (Å²) < 4.78 is 165. The quantitative estimate of drug-likeness (QED) is 0.243. The van der Waals surface area contributed by atoms with Crippen LogP contribution in [0.4, 0.5) is 57.5 Å². The maximum atomic E-state index is 14.7. The molecule has 0 saturated heterocycles. The summed E-state index contributed by atoms with van der Waals surface area (Å²) in [6, 6.07) is 7.73. The Morgan fingerprint density at radius 2 is 1.45 bits per heavy atom. The first kappa shape index (κ1) is 32.4. The standard InChI is InChI=1S/C26H18F12N2O2/c27-17-8-16(9-18(11-17)42-26(37,38)21(29)30)23(12-14-4-2-1-3-5-14,40-22(41)39-13-24(31,32)33)15-6-7-20(28)19(10-15)25(34,35)36/h1-11,21H,12-13H2,(H2,39,40,41)/t23-/m0/s1. The van der Waals surface area contributed by atoms with Gasteiger partial charge in [-0.3, -0.25) is 0 Å². The molecule has 0 aliphatic carbocycles. The summed E-state index contributed by atoms with van der Waals surface area (Å²) in [5, 5.41) is 3.45. The Kier molecular flexibility index (Phi) is 9.27. The van der Waals surface area contributed by atoms with Gasteiger partial charge < -0.3 is 15.4 Å². The van der Waals surface area contributed by atoms with E-state index in [9.17, 15) is 57.5 Å². The van der Waals surface area contributed by atoms with Gasteiger partial charge in [0.25, 0.3) is 0 Å². The van der Waals surface area contributed by atoms with Crippen molar-refractivity contribution in [2.45, 2.75) is 36.8 Å². The smallest absolute Gasteiger partial charge is 0.428 e. The van der Waals surface area contributed by atoms with Crippen molar-refractivity contribution < 1.29 is 62.2 Å². The Morgan fingerprint density at radius 3 is 2.02 bits per heavy atom. The number of hydrogen-bond donors (Lipinski definition) is 2. The van der Waals surface area contributed by atoms with E-state index in [2.05, 4.69) is 4.74 Å². The minimum Gasteiger partial charge on any atom is -0.428 e. The second kappa shape index (κ2) is 12.0. The molecule has 0 radical (unpaired) electrons. The first-order chi connectivity index (χ1) is 19.3. The Morgan fingerprint density at radius 1 is 0.810 bits per heavy atom. The van der Waals surface area contributed by atoms with E-state index in [0.717, 1.165) is 0 Å². The number of alkyl halides is 10. The molecule has 42 heavy (non-hydrogen) atoms.